The molecule has 1 aromatic rings. The van der Waals surface area contributed by atoms with Gasteiger partial charge in [-0.3, -0.25) is 4.90 Å². The summed E-state index contributed by atoms with van der Waals surface area (Å²) in [4.78, 5) is 9.66. The Morgan fingerprint density at radius 2 is 1.70 bits per heavy atom. The number of pyridine rings is 1. The van der Waals surface area contributed by atoms with Gasteiger partial charge in [-0.05, 0) is 70.5 Å². The van der Waals surface area contributed by atoms with Gasteiger partial charge < -0.3 is 9.64 Å². The third-order valence-electron chi connectivity index (χ3n) is 6.71. The summed E-state index contributed by atoms with van der Waals surface area (Å²) in [5.41, 5.74) is 0. The number of anilines is 1. The quantitative estimate of drug-likeness (QED) is 0.683. The Bertz CT molecular complexity index is 777. The standard InChI is InChI=1S/C22H36N4O3S/c1-18-16-24(17-19(2)29-18)12-7-20-8-13-25(14-9-20)22-6-5-21(15-23-22)30(27,28)26-10-3-4-11-26/h5-6,15,18-20H,3-4,7-14,16-17H2,1-2H3. The van der Waals surface area contributed by atoms with Crippen LogP contribution < -0.4 is 4.90 Å². The number of nitrogens with zero attached hydrogens (tertiary/aromatic N) is 4. The molecule has 0 radical (unpaired) electrons. The summed E-state index contributed by atoms with van der Waals surface area (Å²) in [6, 6.07) is 3.60. The molecule has 4 rings (SSSR count). The third-order valence-corrected chi connectivity index (χ3v) is 8.59. The molecule has 2 atom stereocenters. The summed E-state index contributed by atoms with van der Waals surface area (Å²) in [5, 5.41) is 0. The Kier molecular flexibility index (Phi) is 6.97. The van der Waals surface area contributed by atoms with Gasteiger partial charge in [-0.25, -0.2) is 13.4 Å². The van der Waals surface area contributed by atoms with Crippen LogP contribution in [-0.4, -0.2) is 80.6 Å². The van der Waals surface area contributed by atoms with Crippen LogP contribution in [0.4, 0.5) is 5.82 Å². The van der Waals surface area contributed by atoms with E-state index in [-0.39, 0.29) is 0 Å². The first-order chi connectivity index (χ1) is 14.4. The summed E-state index contributed by atoms with van der Waals surface area (Å²) in [6.45, 7) is 10.8. The van der Waals surface area contributed by atoms with E-state index >= 15 is 0 Å². The van der Waals surface area contributed by atoms with E-state index in [1.165, 1.54) is 25.5 Å². The van der Waals surface area contributed by atoms with Crippen LogP contribution in [0.15, 0.2) is 23.2 Å². The molecule has 4 heterocycles. The van der Waals surface area contributed by atoms with Gasteiger partial charge in [0, 0.05) is 45.5 Å². The second kappa shape index (κ2) is 9.51. The van der Waals surface area contributed by atoms with Crippen LogP contribution in [0.1, 0.15) is 46.0 Å². The highest BCUT2D eigenvalue weighted by atomic mass is 32.2. The molecule has 0 bridgehead atoms. The van der Waals surface area contributed by atoms with Gasteiger partial charge in [-0.1, -0.05) is 0 Å². The zero-order valence-electron chi connectivity index (χ0n) is 18.4. The van der Waals surface area contributed by atoms with Gasteiger partial charge in [0.25, 0.3) is 0 Å². The molecular weight excluding hydrogens is 400 g/mol. The Hall–Kier alpha value is -1.22. The lowest BCUT2D eigenvalue weighted by molar-refractivity contribution is -0.0690. The highest BCUT2D eigenvalue weighted by Crippen LogP contribution is 2.26. The molecule has 168 valence electrons. The van der Waals surface area contributed by atoms with Crippen molar-refractivity contribution >= 4 is 15.8 Å². The number of hydrogen-bond acceptors (Lipinski definition) is 6. The summed E-state index contributed by atoms with van der Waals surface area (Å²) in [7, 11) is -3.38. The lowest BCUT2D eigenvalue weighted by Gasteiger charge is -2.37. The number of piperidine rings is 1. The molecule has 7 nitrogen and oxygen atoms in total. The van der Waals surface area contributed by atoms with E-state index in [4.69, 9.17) is 4.74 Å². The van der Waals surface area contributed by atoms with Crippen molar-refractivity contribution in [3.05, 3.63) is 18.3 Å². The van der Waals surface area contributed by atoms with Gasteiger partial charge in [-0.15, -0.1) is 0 Å². The lowest BCUT2D eigenvalue weighted by atomic mass is 9.93. The van der Waals surface area contributed by atoms with Gasteiger partial charge >= 0.3 is 0 Å². The van der Waals surface area contributed by atoms with Crippen LogP contribution in [0, 0.1) is 5.92 Å². The highest BCUT2D eigenvalue weighted by molar-refractivity contribution is 7.89. The Balaban J connectivity index is 1.26. The molecule has 0 spiro atoms. The number of morpholine rings is 1. The molecule has 2 unspecified atom stereocenters. The predicted octanol–water partition coefficient (Wildman–Crippen LogP) is 2.58. The van der Waals surface area contributed by atoms with Crippen molar-refractivity contribution in [2.75, 3.05) is 50.7 Å². The van der Waals surface area contributed by atoms with E-state index in [9.17, 15) is 8.42 Å². The van der Waals surface area contributed by atoms with Crippen molar-refractivity contribution in [2.45, 2.75) is 63.1 Å². The zero-order chi connectivity index (χ0) is 21.1. The van der Waals surface area contributed by atoms with Gasteiger partial charge in [0.15, 0.2) is 0 Å². The minimum absolute atomic E-state index is 0.317. The summed E-state index contributed by atoms with van der Waals surface area (Å²) in [6.07, 6.45) is 7.68. The molecule has 3 aliphatic heterocycles. The molecule has 3 aliphatic rings. The zero-order valence-corrected chi connectivity index (χ0v) is 19.2. The predicted molar refractivity (Wildman–Crippen MR) is 118 cm³/mol. The van der Waals surface area contributed by atoms with E-state index in [1.807, 2.05) is 6.07 Å². The number of aromatic nitrogens is 1. The lowest BCUT2D eigenvalue weighted by Crippen LogP contribution is -2.46. The second-order valence-corrected chi connectivity index (χ2v) is 11.1. The van der Waals surface area contributed by atoms with E-state index in [2.05, 4.69) is 28.6 Å². The van der Waals surface area contributed by atoms with E-state index < -0.39 is 10.0 Å². The van der Waals surface area contributed by atoms with Crippen LogP contribution in [0.3, 0.4) is 0 Å². The molecule has 0 aliphatic carbocycles. The fourth-order valence-corrected chi connectivity index (χ4v) is 6.54. The maximum absolute atomic E-state index is 12.7. The summed E-state index contributed by atoms with van der Waals surface area (Å²) < 4.78 is 32.7. The van der Waals surface area contributed by atoms with Gasteiger partial charge in [0.2, 0.25) is 10.0 Å². The van der Waals surface area contributed by atoms with Gasteiger partial charge in [-0.2, -0.15) is 4.31 Å². The minimum atomic E-state index is -3.38. The number of ether oxygens (including phenoxy) is 1. The highest BCUT2D eigenvalue weighted by Gasteiger charge is 2.28. The van der Waals surface area contributed by atoms with Crippen LogP contribution in [0.25, 0.3) is 0 Å². The minimum Gasteiger partial charge on any atom is -0.373 e. The smallest absolute Gasteiger partial charge is 0.244 e. The van der Waals surface area contributed by atoms with E-state index in [1.54, 1.807) is 10.4 Å². The van der Waals surface area contributed by atoms with Gasteiger partial charge in [0.05, 0.1) is 12.2 Å². The van der Waals surface area contributed by atoms with Crippen molar-refractivity contribution in [3.8, 4) is 0 Å². The average Bonchev–Trinajstić information content (AvgIpc) is 3.28. The molecule has 0 N–H and O–H groups in total. The molecule has 3 fully saturated rings. The molecular formula is C22H36N4O3S. The molecule has 8 heteroatoms. The molecule has 30 heavy (non-hydrogen) atoms. The normalized spacial score (nSPS) is 27.6. The molecule has 3 saturated heterocycles. The fraction of sp³-hybridized carbons (Fsp3) is 0.773. The Labute approximate surface area is 181 Å². The van der Waals surface area contributed by atoms with Crippen molar-refractivity contribution in [1.82, 2.24) is 14.2 Å². The Morgan fingerprint density at radius 3 is 2.30 bits per heavy atom. The first-order valence-corrected chi connectivity index (χ1v) is 12.9. The van der Waals surface area contributed by atoms with Crippen LogP contribution in [0.5, 0.6) is 0 Å². The van der Waals surface area contributed by atoms with E-state index in [0.717, 1.165) is 57.3 Å². The largest absolute Gasteiger partial charge is 0.373 e. The maximum Gasteiger partial charge on any atom is 0.244 e. The van der Waals surface area contributed by atoms with Gasteiger partial charge in [0.1, 0.15) is 10.7 Å². The monoisotopic (exact) mass is 436 g/mol. The van der Waals surface area contributed by atoms with E-state index in [0.29, 0.717) is 30.2 Å². The molecule has 0 saturated carbocycles. The van der Waals surface area contributed by atoms with Crippen molar-refractivity contribution < 1.29 is 13.2 Å². The third kappa shape index (κ3) is 5.15. The Morgan fingerprint density at radius 1 is 1.03 bits per heavy atom. The second-order valence-electron chi connectivity index (χ2n) is 9.20. The maximum atomic E-state index is 12.7. The van der Waals surface area contributed by atoms with Crippen LogP contribution >= 0.6 is 0 Å². The first kappa shape index (κ1) is 22.0. The van der Waals surface area contributed by atoms with Crippen molar-refractivity contribution in [3.63, 3.8) is 0 Å². The number of rotatable bonds is 6. The topological polar surface area (TPSA) is 66.0 Å². The SMILES string of the molecule is CC1CN(CCC2CCN(c3ccc(S(=O)(=O)N4CCCC4)cn3)CC2)CC(C)O1. The van der Waals surface area contributed by atoms with Crippen LogP contribution in [-0.2, 0) is 14.8 Å². The summed E-state index contributed by atoms with van der Waals surface area (Å²) >= 11 is 0. The average molecular weight is 437 g/mol. The molecule has 0 aromatic carbocycles. The number of hydrogen-bond donors (Lipinski definition) is 0. The molecule has 0 amide bonds. The van der Waals surface area contributed by atoms with Crippen molar-refractivity contribution in [2.24, 2.45) is 5.92 Å². The first-order valence-electron chi connectivity index (χ1n) is 11.5. The number of sulfonamides is 1. The van der Waals surface area contributed by atoms with Crippen molar-refractivity contribution in [1.29, 1.82) is 0 Å². The molecule has 1 aromatic heterocycles. The van der Waals surface area contributed by atoms with Crippen LogP contribution in [0.2, 0.25) is 0 Å². The summed E-state index contributed by atoms with van der Waals surface area (Å²) in [5.74, 6) is 1.65. The fourth-order valence-electron chi connectivity index (χ4n) is 5.07.